The fraction of sp³-hybridized carbons (Fsp3) is 0.500. The minimum Gasteiger partial charge on any atom is -0.496 e. The number of aliphatic carboxylic acids is 1. The van der Waals surface area contributed by atoms with Gasteiger partial charge in [-0.1, -0.05) is 17.7 Å². The average Bonchev–Trinajstić information content (AvgIpc) is 3.10. The number of hydrogen-bond acceptors (Lipinski definition) is 3. The molecule has 0 saturated heterocycles. The van der Waals surface area contributed by atoms with Crippen molar-refractivity contribution in [3.8, 4) is 5.75 Å². The smallest absolute Gasteiger partial charge is 0.310 e. The number of carboxylic acid groups (broad SMARTS) is 1. The van der Waals surface area contributed by atoms with E-state index in [0.717, 1.165) is 24.2 Å². The van der Waals surface area contributed by atoms with Crippen LogP contribution in [0.4, 0.5) is 0 Å². The van der Waals surface area contributed by atoms with E-state index in [0.29, 0.717) is 13.1 Å². The van der Waals surface area contributed by atoms with Gasteiger partial charge in [0, 0.05) is 18.7 Å². The monoisotopic (exact) mass is 249 g/mol. The zero-order valence-corrected chi connectivity index (χ0v) is 10.8. The Labute approximate surface area is 107 Å². The van der Waals surface area contributed by atoms with Gasteiger partial charge in [-0.25, -0.2) is 0 Å². The van der Waals surface area contributed by atoms with Gasteiger partial charge in [0.05, 0.1) is 12.5 Å². The van der Waals surface area contributed by atoms with Crippen LogP contribution in [0.1, 0.15) is 24.0 Å². The van der Waals surface area contributed by atoms with Crippen LogP contribution in [0.25, 0.3) is 0 Å². The number of methoxy groups -OCH3 is 1. The van der Waals surface area contributed by atoms with Crippen molar-refractivity contribution < 1.29 is 14.6 Å². The van der Waals surface area contributed by atoms with Crippen LogP contribution >= 0.6 is 0 Å². The summed E-state index contributed by atoms with van der Waals surface area (Å²) in [5, 5.41) is 12.3. The molecule has 4 nitrogen and oxygen atoms in total. The molecule has 1 aliphatic rings. The van der Waals surface area contributed by atoms with Gasteiger partial charge in [-0.05, 0) is 25.8 Å². The van der Waals surface area contributed by atoms with E-state index in [-0.39, 0.29) is 0 Å². The first-order chi connectivity index (χ1) is 8.57. The molecule has 0 radical (unpaired) electrons. The second-order valence-electron chi connectivity index (χ2n) is 5.00. The van der Waals surface area contributed by atoms with Crippen molar-refractivity contribution in [1.29, 1.82) is 0 Å². The number of carbonyl (C=O) groups is 1. The molecule has 1 fully saturated rings. The lowest BCUT2D eigenvalue weighted by Gasteiger charge is -2.13. The Morgan fingerprint density at radius 1 is 1.50 bits per heavy atom. The number of hydrogen-bond donors (Lipinski definition) is 2. The first kappa shape index (κ1) is 12.9. The number of rotatable bonds is 6. The lowest BCUT2D eigenvalue weighted by Crippen LogP contribution is -2.29. The second-order valence-corrected chi connectivity index (χ2v) is 5.00. The van der Waals surface area contributed by atoms with Crippen molar-refractivity contribution in [1.82, 2.24) is 5.32 Å². The van der Waals surface area contributed by atoms with Crippen LogP contribution in [0, 0.1) is 12.3 Å². The van der Waals surface area contributed by atoms with E-state index in [2.05, 4.69) is 11.4 Å². The zero-order valence-electron chi connectivity index (χ0n) is 10.8. The van der Waals surface area contributed by atoms with Crippen molar-refractivity contribution in [2.24, 2.45) is 5.41 Å². The molecular weight excluding hydrogens is 230 g/mol. The van der Waals surface area contributed by atoms with Crippen LogP contribution in [-0.4, -0.2) is 24.7 Å². The summed E-state index contributed by atoms with van der Waals surface area (Å²) in [6, 6.07) is 6.00. The number of benzene rings is 1. The second kappa shape index (κ2) is 4.98. The Kier molecular flexibility index (Phi) is 3.57. The molecule has 2 N–H and O–H groups in total. The quantitative estimate of drug-likeness (QED) is 0.809. The summed E-state index contributed by atoms with van der Waals surface area (Å²) < 4.78 is 5.29. The van der Waals surface area contributed by atoms with E-state index in [4.69, 9.17) is 9.84 Å². The van der Waals surface area contributed by atoms with Gasteiger partial charge in [0.2, 0.25) is 0 Å². The minimum absolute atomic E-state index is 0.517. The highest BCUT2D eigenvalue weighted by Crippen LogP contribution is 2.45. The van der Waals surface area contributed by atoms with E-state index in [1.807, 2.05) is 19.1 Å². The van der Waals surface area contributed by atoms with Crippen molar-refractivity contribution >= 4 is 5.97 Å². The van der Waals surface area contributed by atoms with E-state index >= 15 is 0 Å². The maximum absolute atomic E-state index is 11.0. The molecule has 1 aromatic rings. The van der Waals surface area contributed by atoms with Crippen molar-refractivity contribution in [3.05, 3.63) is 29.3 Å². The fourth-order valence-corrected chi connectivity index (χ4v) is 2.10. The summed E-state index contributed by atoms with van der Waals surface area (Å²) in [7, 11) is 1.65. The SMILES string of the molecule is COc1ccc(C)cc1CNCC1(C(=O)O)CC1. The van der Waals surface area contributed by atoms with E-state index in [1.54, 1.807) is 7.11 Å². The molecule has 1 aliphatic carbocycles. The van der Waals surface area contributed by atoms with Gasteiger partial charge in [0.15, 0.2) is 0 Å². The normalized spacial score (nSPS) is 16.3. The van der Waals surface area contributed by atoms with E-state index in [9.17, 15) is 4.79 Å². The summed E-state index contributed by atoms with van der Waals surface area (Å²) in [4.78, 5) is 11.0. The summed E-state index contributed by atoms with van der Waals surface area (Å²) in [5.74, 6) is 0.152. The van der Waals surface area contributed by atoms with Gasteiger partial charge < -0.3 is 15.2 Å². The van der Waals surface area contributed by atoms with Gasteiger partial charge in [-0.15, -0.1) is 0 Å². The predicted octanol–water partition coefficient (Wildman–Crippen LogP) is 1.96. The molecule has 0 unspecified atom stereocenters. The highest BCUT2D eigenvalue weighted by molar-refractivity contribution is 5.78. The van der Waals surface area contributed by atoms with Crippen LogP contribution in [0.2, 0.25) is 0 Å². The van der Waals surface area contributed by atoms with E-state index < -0.39 is 11.4 Å². The average molecular weight is 249 g/mol. The Morgan fingerprint density at radius 2 is 2.22 bits per heavy atom. The summed E-state index contributed by atoms with van der Waals surface area (Å²) in [5.41, 5.74) is 1.72. The first-order valence-electron chi connectivity index (χ1n) is 6.15. The minimum atomic E-state index is -0.689. The molecule has 0 aliphatic heterocycles. The summed E-state index contributed by atoms with van der Waals surface area (Å²) in [6.07, 6.45) is 1.56. The lowest BCUT2D eigenvalue weighted by molar-refractivity contribution is -0.143. The van der Waals surface area contributed by atoms with Gasteiger partial charge in [-0.2, -0.15) is 0 Å². The number of carboxylic acids is 1. The van der Waals surface area contributed by atoms with Gasteiger partial charge >= 0.3 is 5.97 Å². The number of aryl methyl sites for hydroxylation is 1. The third-order valence-electron chi connectivity index (χ3n) is 3.52. The van der Waals surface area contributed by atoms with Gasteiger partial charge in [0.1, 0.15) is 5.75 Å². The highest BCUT2D eigenvalue weighted by Gasteiger charge is 2.49. The van der Waals surface area contributed by atoms with Crippen LogP contribution in [0.5, 0.6) is 5.75 Å². The Bertz CT molecular complexity index is 452. The molecule has 0 bridgehead atoms. The molecule has 1 aromatic carbocycles. The Balaban J connectivity index is 1.94. The lowest BCUT2D eigenvalue weighted by atomic mass is 10.1. The molecule has 2 rings (SSSR count). The largest absolute Gasteiger partial charge is 0.496 e. The predicted molar refractivity (Wildman–Crippen MR) is 68.7 cm³/mol. The molecule has 0 atom stereocenters. The molecule has 0 amide bonds. The van der Waals surface area contributed by atoms with Crippen LogP contribution in [-0.2, 0) is 11.3 Å². The maximum Gasteiger partial charge on any atom is 0.310 e. The summed E-state index contributed by atoms with van der Waals surface area (Å²) >= 11 is 0. The molecule has 0 heterocycles. The third kappa shape index (κ3) is 2.64. The molecular formula is C14H19NO3. The first-order valence-corrected chi connectivity index (χ1v) is 6.15. The molecule has 4 heteroatoms. The maximum atomic E-state index is 11.0. The Morgan fingerprint density at radius 3 is 2.78 bits per heavy atom. The third-order valence-corrected chi connectivity index (χ3v) is 3.52. The molecule has 18 heavy (non-hydrogen) atoms. The van der Waals surface area contributed by atoms with Gasteiger partial charge in [0.25, 0.3) is 0 Å². The highest BCUT2D eigenvalue weighted by atomic mass is 16.5. The number of ether oxygens (including phenoxy) is 1. The molecule has 1 saturated carbocycles. The number of nitrogens with one attached hydrogen (secondary N) is 1. The van der Waals surface area contributed by atoms with Crippen molar-refractivity contribution in [3.63, 3.8) is 0 Å². The topological polar surface area (TPSA) is 58.6 Å². The summed E-state index contributed by atoms with van der Waals surface area (Å²) in [6.45, 7) is 3.20. The van der Waals surface area contributed by atoms with Crippen LogP contribution in [0.3, 0.4) is 0 Å². The molecule has 98 valence electrons. The standard InChI is InChI=1S/C14H19NO3/c1-10-3-4-12(18-2)11(7-10)8-15-9-14(5-6-14)13(16)17/h3-4,7,15H,5-6,8-9H2,1-2H3,(H,16,17). The van der Waals surface area contributed by atoms with Gasteiger partial charge in [-0.3, -0.25) is 4.79 Å². The van der Waals surface area contributed by atoms with Crippen LogP contribution in [0.15, 0.2) is 18.2 Å². The van der Waals surface area contributed by atoms with E-state index in [1.165, 1.54) is 5.56 Å². The molecule has 0 spiro atoms. The van der Waals surface area contributed by atoms with Crippen LogP contribution < -0.4 is 10.1 Å². The Hall–Kier alpha value is -1.55. The zero-order chi connectivity index (χ0) is 13.2. The fourth-order valence-electron chi connectivity index (χ4n) is 2.10. The van der Waals surface area contributed by atoms with Crippen molar-refractivity contribution in [2.45, 2.75) is 26.3 Å². The van der Waals surface area contributed by atoms with Crippen molar-refractivity contribution in [2.75, 3.05) is 13.7 Å². The molecule has 0 aromatic heterocycles.